The number of pyridine rings is 1. The molecule has 2 aromatic rings. The number of carbonyl (C=O) groups excluding carboxylic acids is 1. The fourth-order valence-electron chi connectivity index (χ4n) is 2.42. The second kappa shape index (κ2) is 8.16. The zero-order chi connectivity index (χ0) is 21.4. The molecule has 2 atom stereocenters. The van der Waals surface area contributed by atoms with E-state index in [1.807, 2.05) is 0 Å². The molecule has 1 amide bonds. The van der Waals surface area contributed by atoms with Gasteiger partial charge in [0, 0.05) is 12.7 Å². The van der Waals surface area contributed by atoms with Crippen LogP contribution in [0.5, 0.6) is 0 Å². The summed E-state index contributed by atoms with van der Waals surface area (Å²) in [5.74, 6) is 0.222. The Kier molecular flexibility index (Phi) is 6.67. The van der Waals surface area contributed by atoms with E-state index in [1.54, 1.807) is 20.8 Å². The van der Waals surface area contributed by atoms with Gasteiger partial charge in [0.1, 0.15) is 33.1 Å². The van der Waals surface area contributed by atoms with E-state index in [0.717, 1.165) is 6.26 Å². The van der Waals surface area contributed by atoms with Gasteiger partial charge in [0.05, 0.1) is 10.5 Å². The number of carbonyl (C=O) groups is 1. The predicted molar refractivity (Wildman–Crippen MR) is 107 cm³/mol. The minimum atomic E-state index is -3.64. The number of furan rings is 1. The highest BCUT2D eigenvalue weighted by atomic mass is 79.9. The lowest BCUT2D eigenvalue weighted by molar-refractivity contribution is 0.0476. The number of rotatable bonds is 5. The Morgan fingerprint density at radius 1 is 1.46 bits per heavy atom. The van der Waals surface area contributed by atoms with Gasteiger partial charge in [0.2, 0.25) is 0 Å². The van der Waals surface area contributed by atoms with Crippen LogP contribution in [0, 0.1) is 0 Å². The van der Waals surface area contributed by atoms with Crippen molar-refractivity contribution in [3.8, 4) is 0 Å². The molecule has 0 aromatic carbocycles. The van der Waals surface area contributed by atoms with E-state index in [4.69, 9.17) is 20.8 Å². The van der Waals surface area contributed by atoms with Gasteiger partial charge in [-0.05, 0) is 49.7 Å². The Labute approximate surface area is 176 Å². The molecule has 0 aliphatic carbocycles. The number of aromatic nitrogens is 1. The smallest absolute Gasteiger partial charge is 0.407 e. The Morgan fingerprint density at radius 2 is 2.07 bits per heavy atom. The van der Waals surface area contributed by atoms with Crippen molar-refractivity contribution in [1.82, 2.24) is 10.3 Å². The normalized spacial score (nSPS) is 14.7. The number of hydrogen-bond acceptors (Lipinski definition) is 6. The second-order valence-corrected chi connectivity index (χ2v) is 10.5. The van der Waals surface area contributed by atoms with Crippen molar-refractivity contribution in [3.05, 3.63) is 21.5 Å². The maximum Gasteiger partial charge on any atom is 0.407 e. The Morgan fingerprint density at radius 3 is 2.57 bits per heavy atom. The Bertz CT molecular complexity index is 1000. The number of fused-ring (bicyclic) bond motifs is 1. The summed E-state index contributed by atoms with van der Waals surface area (Å²) < 4.78 is 49.3. The maximum absolute atomic E-state index is 14.1. The van der Waals surface area contributed by atoms with Crippen LogP contribution in [0.15, 0.2) is 19.9 Å². The molecule has 2 heterocycles. The van der Waals surface area contributed by atoms with Crippen molar-refractivity contribution in [2.24, 2.45) is 0 Å². The van der Waals surface area contributed by atoms with E-state index in [-0.39, 0.29) is 33.3 Å². The molecule has 0 fully saturated rings. The number of alkyl halides is 1. The average Bonchev–Trinajstić information content (AvgIpc) is 2.79. The number of alkyl carbamates (subject to hydrolysis) is 1. The molecular formula is C17H21BrClFN2O5S. The van der Waals surface area contributed by atoms with Gasteiger partial charge in [-0.1, -0.05) is 11.6 Å². The van der Waals surface area contributed by atoms with Gasteiger partial charge in [-0.25, -0.2) is 22.6 Å². The van der Waals surface area contributed by atoms with Crippen LogP contribution in [-0.2, 0) is 21.0 Å². The fraction of sp³-hybridized carbons (Fsp3) is 0.529. The summed E-state index contributed by atoms with van der Waals surface area (Å²) in [6.07, 6.45) is -1.25. The predicted octanol–water partition coefficient (Wildman–Crippen LogP) is 4.44. The molecule has 2 rings (SSSR count). The van der Waals surface area contributed by atoms with Crippen molar-refractivity contribution in [1.29, 1.82) is 0 Å². The fourth-order valence-corrected chi connectivity index (χ4v) is 3.99. The van der Waals surface area contributed by atoms with E-state index in [0.29, 0.717) is 4.47 Å². The molecule has 28 heavy (non-hydrogen) atoms. The van der Waals surface area contributed by atoms with Gasteiger partial charge >= 0.3 is 6.09 Å². The van der Waals surface area contributed by atoms with Gasteiger partial charge in [0.25, 0.3) is 0 Å². The Hall–Kier alpha value is -1.39. The minimum absolute atomic E-state index is 0.0105. The molecule has 2 unspecified atom stereocenters. The number of hydrogen-bond donors (Lipinski definition) is 1. The average molecular weight is 500 g/mol. The minimum Gasteiger partial charge on any atom is -0.457 e. The largest absolute Gasteiger partial charge is 0.457 e. The van der Waals surface area contributed by atoms with E-state index in [1.165, 1.54) is 13.0 Å². The maximum atomic E-state index is 14.1. The molecule has 11 heteroatoms. The van der Waals surface area contributed by atoms with Crippen LogP contribution >= 0.6 is 27.5 Å². The number of nitrogens with one attached hydrogen (secondary N) is 1. The van der Waals surface area contributed by atoms with Gasteiger partial charge in [-0.15, -0.1) is 0 Å². The Balaban J connectivity index is 2.41. The summed E-state index contributed by atoms with van der Waals surface area (Å²) in [7, 11) is -3.64. The number of sulfone groups is 1. The standard InChI is InChI=1S/C17H21BrClFN2O5S/c1-8(20)9(21-16(23)27-17(2,3)4)6-10-13(18)14-15(26-10)11(28(5,24)25)7-12(19)22-14/h7-9H,6H2,1-5H3,(H,21,23). The quantitative estimate of drug-likeness (QED) is 0.611. The summed E-state index contributed by atoms with van der Waals surface area (Å²) in [5.41, 5.74) is -0.527. The highest BCUT2D eigenvalue weighted by molar-refractivity contribution is 9.10. The van der Waals surface area contributed by atoms with Crippen LogP contribution in [0.3, 0.4) is 0 Å². The summed E-state index contributed by atoms with van der Waals surface area (Å²) in [5, 5.41) is 2.44. The van der Waals surface area contributed by atoms with Gasteiger partial charge in [-0.2, -0.15) is 0 Å². The SMILES string of the molecule is CC(F)C(Cc1oc2c(S(C)(=O)=O)cc(Cl)nc2c1Br)NC(=O)OC(C)(C)C. The zero-order valence-corrected chi connectivity index (χ0v) is 19.1. The summed E-state index contributed by atoms with van der Waals surface area (Å²) in [4.78, 5) is 16.0. The third kappa shape index (κ3) is 5.57. The lowest BCUT2D eigenvalue weighted by Gasteiger charge is -2.24. The molecule has 2 aromatic heterocycles. The van der Waals surface area contributed by atoms with Crippen LogP contribution < -0.4 is 5.32 Å². The summed E-state index contributed by atoms with van der Waals surface area (Å²) >= 11 is 9.23. The van der Waals surface area contributed by atoms with Crippen molar-refractivity contribution in [3.63, 3.8) is 0 Å². The third-order valence-corrected chi connectivity index (χ3v) is 5.76. The van der Waals surface area contributed by atoms with Gasteiger partial charge in [0.15, 0.2) is 15.4 Å². The lowest BCUT2D eigenvalue weighted by atomic mass is 10.1. The first-order chi connectivity index (χ1) is 12.7. The molecule has 0 saturated carbocycles. The van der Waals surface area contributed by atoms with Gasteiger partial charge < -0.3 is 14.5 Å². The van der Waals surface area contributed by atoms with Crippen LogP contribution in [-0.4, -0.2) is 43.6 Å². The highest BCUT2D eigenvalue weighted by Crippen LogP contribution is 2.35. The topological polar surface area (TPSA) is 98.5 Å². The van der Waals surface area contributed by atoms with Crippen molar-refractivity contribution >= 4 is 54.6 Å². The molecule has 0 aliphatic rings. The van der Waals surface area contributed by atoms with Crippen molar-refractivity contribution in [2.45, 2.75) is 56.8 Å². The number of amides is 1. The molecule has 0 bridgehead atoms. The first-order valence-electron chi connectivity index (χ1n) is 8.30. The number of halogens is 3. The second-order valence-electron chi connectivity index (χ2n) is 7.37. The zero-order valence-electron chi connectivity index (χ0n) is 16.0. The molecule has 7 nitrogen and oxygen atoms in total. The molecule has 0 aliphatic heterocycles. The summed E-state index contributed by atoms with van der Waals surface area (Å²) in [6.45, 7) is 6.37. The molecule has 0 saturated heterocycles. The summed E-state index contributed by atoms with van der Waals surface area (Å²) in [6, 6.07) is 0.219. The molecule has 1 N–H and O–H groups in total. The van der Waals surface area contributed by atoms with E-state index >= 15 is 0 Å². The van der Waals surface area contributed by atoms with E-state index in [2.05, 4.69) is 26.2 Å². The third-order valence-electron chi connectivity index (χ3n) is 3.65. The van der Waals surface area contributed by atoms with E-state index < -0.39 is 33.7 Å². The molecule has 156 valence electrons. The highest BCUT2D eigenvalue weighted by Gasteiger charge is 2.28. The monoisotopic (exact) mass is 498 g/mol. The van der Waals surface area contributed by atoms with Crippen LogP contribution in [0.25, 0.3) is 11.1 Å². The molecule has 0 spiro atoms. The lowest BCUT2D eigenvalue weighted by Crippen LogP contribution is -2.44. The van der Waals surface area contributed by atoms with Crippen LogP contribution in [0.2, 0.25) is 5.15 Å². The van der Waals surface area contributed by atoms with Gasteiger partial charge in [-0.3, -0.25) is 0 Å². The van der Waals surface area contributed by atoms with Crippen molar-refractivity contribution < 1.29 is 26.8 Å². The first kappa shape index (κ1) is 22.9. The number of ether oxygens (including phenoxy) is 1. The number of nitrogens with zero attached hydrogens (tertiary/aromatic N) is 1. The first-order valence-corrected chi connectivity index (χ1v) is 11.4. The molecular weight excluding hydrogens is 479 g/mol. The van der Waals surface area contributed by atoms with E-state index in [9.17, 15) is 17.6 Å². The molecule has 0 radical (unpaired) electrons. The van der Waals surface area contributed by atoms with Crippen LogP contribution in [0.1, 0.15) is 33.5 Å². The van der Waals surface area contributed by atoms with Crippen molar-refractivity contribution in [2.75, 3.05) is 6.26 Å². The van der Waals surface area contributed by atoms with Crippen LogP contribution in [0.4, 0.5) is 9.18 Å².